The van der Waals surface area contributed by atoms with Crippen molar-refractivity contribution in [3.8, 4) is 0 Å². The van der Waals surface area contributed by atoms with E-state index < -0.39 is 0 Å². The van der Waals surface area contributed by atoms with Crippen LogP contribution in [0.5, 0.6) is 0 Å². The van der Waals surface area contributed by atoms with Crippen LogP contribution in [0.2, 0.25) is 0 Å². The van der Waals surface area contributed by atoms with Crippen molar-refractivity contribution >= 4 is 0 Å². The Labute approximate surface area is 86.7 Å². The highest BCUT2D eigenvalue weighted by molar-refractivity contribution is 5.26. The minimum atomic E-state index is 0.145. The van der Waals surface area contributed by atoms with Gasteiger partial charge in [0.1, 0.15) is 0 Å². The van der Waals surface area contributed by atoms with Gasteiger partial charge in [-0.2, -0.15) is 0 Å². The van der Waals surface area contributed by atoms with E-state index in [4.69, 9.17) is 5.73 Å². The van der Waals surface area contributed by atoms with Gasteiger partial charge in [-0.25, -0.2) is 0 Å². The minimum absolute atomic E-state index is 0.145. The quantitative estimate of drug-likeness (QED) is 0.793. The molecule has 0 aliphatic rings. The third-order valence-corrected chi connectivity index (χ3v) is 2.44. The van der Waals surface area contributed by atoms with Gasteiger partial charge in [0.05, 0.1) is 0 Å². The molecule has 0 saturated heterocycles. The standard InChI is InChI=1S/C12H20N2/c1-9-6-5-7-11(8-9)12(10(2)13)14(3)4/h5-8,10,12H,13H2,1-4H3. The average Bonchev–Trinajstić information content (AvgIpc) is 2.02. The zero-order valence-corrected chi connectivity index (χ0v) is 9.49. The SMILES string of the molecule is Cc1cccc(C(C(C)N)N(C)C)c1. The Morgan fingerprint density at radius 1 is 1.29 bits per heavy atom. The lowest BCUT2D eigenvalue weighted by Crippen LogP contribution is -2.35. The van der Waals surface area contributed by atoms with Crippen LogP contribution in [0, 0.1) is 6.92 Å². The predicted octanol–water partition coefficient (Wildman–Crippen LogP) is 1.94. The largest absolute Gasteiger partial charge is 0.326 e. The molecule has 2 atom stereocenters. The van der Waals surface area contributed by atoms with Crippen LogP contribution in [0.1, 0.15) is 24.1 Å². The number of rotatable bonds is 3. The molecule has 0 radical (unpaired) electrons. The van der Waals surface area contributed by atoms with Gasteiger partial charge in [0.25, 0.3) is 0 Å². The van der Waals surface area contributed by atoms with Crippen molar-refractivity contribution in [2.75, 3.05) is 14.1 Å². The molecule has 2 heteroatoms. The molecule has 0 spiro atoms. The smallest absolute Gasteiger partial charge is 0.0491 e. The van der Waals surface area contributed by atoms with Crippen LogP contribution in [-0.4, -0.2) is 25.0 Å². The van der Waals surface area contributed by atoms with Gasteiger partial charge in [0, 0.05) is 12.1 Å². The monoisotopic (exact) mass is 192 g/mol. The molecule has 2 nitrogen and oxygen atoms in total. The number of hydrogen-bond donors (Lipinski definition) is 1. The van der Waals surface area contributed by atoms with Gasteiger partial charge >= 0.3 is 0 Å². The molecule has 0 aromatic heterocycles. The predicted molar refractivity (Wildman–Crippen MR) is 61.3 cm³/mol. The van der Waals surface area contributed by atoms with Gasteiger partial charge in [0.15, 0.2) is 0 Å². The Kier molecular flexibility index (Phi) is 3.67. The molecular weight excluding hydrogens is 172 g/mol. The molecule has 2 N–H and O–H groups in total. The molecule has 0 fully saturated rings. The lowest BCUT2D eigenvalue weighted by atomic mass is 9.98. The van der Waals surface area contributed by atoms with Crippen molar-refractivity contribution in [3.05, 3.63) is 35.4 Å². The summed E-state index contributed by atoms with van der Waals surface area (Å²) in [6, 6.07) is 8.98. The average molecular weight is 192 g/mol. The van der Waals surface area contributed by atoms with E-state index in [1.807, 2.05) is 6.92 Å². The van der Waals surface area contributed by atoms with Gasteiger partial charge in [-0.05, 0) is 33.5 Å². The van der Waals surface area contributed by atoms with E-state index in [0.717, 1.165) is 0 Å². The molecule has 1 aromatic carbocycles. The van der Waals surface area contributed by atoms with Crippen molar-refractivity contribution in [2.24, 2.45) is 5.73 Å². The van der Waals surface area contributed by atoms with Crippen molar-refractivity contribution in [1.29, 1.82) is 0 Å². The lowest BCUT2D eigenvalue weighted by Gasteiger charge is -2.28. The van der Waals surface area contributed by atoms with Crippen LogP contribution in [0.4, 0.5) is 0 Å². The Morgan fingerprint density at radius 2 is 1.93 bits per heavy atom. The van der Waals surface area contributed by atoms with Crippen LogP contribution in [0.15, 0.2) is 24.3 Å². The molecule has 0 saturated carbocycles. The second-order valence-corrected chi connectivity index (χ2v) is 4.18. The number of benzene rings is 1. The third kappa shape index (κ3) is 2.56. The van der Waals surface area contributed by atoms with Gasteiger partial charge in [-0.1, -0.05) is 29.8 Å². The van der Waals surface area contributed by atoms with E-state index >= 15 is 0 Å². The second kappa shape index (κ2) is 4.58. The molecule has 0 aliphatic heterocycles. The summed E-state index contributed by atoms with van der Waals surface area (Å²) >= 11 is 0. The first-order valence-electron chi connectivity index (χ1n) is 5.01. The zero-order valence-electron chi connectivity index (χ0n) is 9.49. The number of likely N-dealkylation sites (N-methyl/N-ethyl adjacent to an activating group) is 1. The highest BCUT2D eigenvalue weighted by Gasteiger charge is 2.17. The molecule has 1 aromatic rings. The number of hydrogen-bond acceptors (Lipinski definition) is 2. The summed E-state index contributed by atoms with van der Waals surface area (Å²) in [5, 5.41) is 0. The fourth-order valence-electron chi connectivity index (χ4n) is 1.93. The molecule has 0 heterocycles. The van der Waals surface area contributed by atoms with Crippen LogP contribution in [0.3, 0.4) is 0 Å². The summed E-state index contributed by atoms with van der Waals surface area (Å²) in [6.07, 6.45) is 0. The number of nitrogens with two attached hydrogens (primary N) is 1. The Balaban J connectivity index is 2.99. The maximum absolute atomic E-state index is 5.98. The van der Waals surface area contributed by atoms with Crippen LogP contribution in [0.25, 0.3) is 0 Å². The lowest BCUT2D eigenvalue weighted by molar-refractivity contribution is 0.266. The van der Waals surface area contributed by atoms with Crippen molar-refractivity contribution in [1.82, 2.24) is 4.90 Å². The van der Waals surface area contributed by atoms with Gasteiger partial charge in [0.2, 0.25) is 0 Å². The van der Waals surface area contributed by atoms with E-state index in [2.05, 4.69) is 50.2 Å². The molecule has 2 unspecified atom stereocenters. The maximum atomic E-state index is 5.98. The number of aryl methyl sites for hydroxylation is 1. The topological polar surface area (TPSA) is 29.3 Å². The van der Waals surface area contributed by atoms with Gasteiger partial charge < -0.3 is 10.6 Å². The fourth-order valence-corrected chi connectivity index (χ4v) is 1.93. The molecule has 1 rings (SSSR count). The summed E-state index contributed by atoms with van der Waals surface area (Å²) in [7, 11) is 4.13. The highest BCUT2D eigenvalue weighted by Crippen LogP contribution is 2.21. The first-order valence-corrected chi connectivity index (χ1v) is 5.01. The van der Waals surface area contributed by atoms with Gasteiger partial charge in [-0.3, -0.25) is 0 Å². The van der Waals surface area contributed by atoms with Crippen LogP contribution in [-0.2, 0) is 0 Å². The molecule has 0 amide bonds. The van der Waals surface area contributed by atoms with E-state index in [0.29, 0.717) is 6.04 Å². The van der Waals surface area contributed by atoms with E-state index in [1.54, 1.807) is 0 Å². The highest BCUT2D eigenvalue weighted by atomic mass is 15.1. The summed E-state index contributed by atoms with van der Waals surface area (Å²) in [6.45, 7) is 4.16. The Hall–Kier alpha value is -0.860. The first-order chi connectivity index (χ1) is 6.52. The van der Waals surface area contributed by atoms with E-state index in [1.165, 1.54) is 11.1 Å². The van der Waals surface area contributed by atoms with E-state index in [-0.39, 0.29) is 6.04 Å². The van der Waals surface area contributed by atoms with Crippen molar-refractivity contribution < 1.29 is 0 Å². The minimum Gasteiger partial charge on any atom is -0.326 e. The fraction of sp³-hybridized carbons (Fsp3) is 0.500. The summed E-state index contributed by atoms with van der Waals surface area (Å²) in [5.41, 5.74) is 8.56. The molecule has 14 heavy (non-hydrogen) atoms. The molecule has 0 aliphatic carbocycles. The van der Waals surface area contributed by atoms with Gasteiger partial charge in [-0.15, -0.1) is 0 Å². The zero-order chi connectivity index (χ0) is 10.7. The molecule has 0 bridgehead atoms. The van der Waals surface area contributed by atoms with Crippen molar-refractivity contribution in [2.45, 2.75) is 25.9 Å². The summed E-state index contributed by atoms with van der Waals surface area (Å²) in [5.74, 6) is 0. The summed E-state index contributed by atoms with van der Waals surface area (Å²) in [4.78, 5) is 2.17. The van der Waals surface area contributed by atoms with E-state index in [9.17, 15) is 0 Å². The molecule has 78 valence electrons. The number of nitrogens with zero attached hydrogens (tertiary/aromatic N) is 1. The molecular formula is C12H20N2. The second-order valence-electron chi connectivity index (χ2n) is 4.18. The first kappa shape index (κ1) is 11.2. The Bertz CT molecular complexity index is 284. The normalized spacial score (nSPS) is 15.6. The Morgan fingerprint density at radius 3 is 2.36 bits per heavy atom. The maximum Gasteiger partial charge on any atom is 0.0491 e. The van der Waals surface area contributed by atoms with Crippen LogP contribution < -0.4 is 5.73 Å². The summed E-state index contributed by atoms with van der Waals surface area (Å²) < 4.78 is 0. The van der Waals surface area contributed by atoms with Crippen molar-refractivity contribution in [3.63, 3.8) is 0 Å². The third-order valence-electron chi connectivity index (χ3n) is 2.44. The van der Waals surface area contributed by atoms with Crippen LogP contribution >= 0.6 is 0 Å².